The van der Waals surface area contributed by atoms with E-state index in [-0.39, 0.29) is 5.38 Å². The van der Waals surface area contributed by atoms with Crippen LogP contribution in [0.5, 0.6) is 5.75 Å². The number of benzene rings is 1. The Hall–Kier alpha value is -0.770. The molecule has 0 saturated heterocycles. The number of halogens is 1. The van der Waals surface area contributed by atoms with Crippen molar-refractivity contribution in [1.29, 1.82) is 0 Å². The standard InChI is InChI=1S/C14H20ClNO2/c1-17-10-12(15)6-7-16-8-11-9-18-14-5-3-2-4-13(11)14/h2-5,11-12,16H,6-10H2,1H3. The van der Waals surface area contributed by atoms with Gasteiger partial charge in [0.25, 0.3) is 0 Å². The summed E-state index contributed by atoms with van der Waals surface area (Å²) < 4.78 is 10.6. The minimum absolute atomic E-state index is 0.0922. The van der Waals surface area contributed by atoms with Crippen molar-refractivity contribution in [3.63, 3.8) is 0 Å². The minimum atomic E-state index is 0.0922. The number of fused-ring (bicyclic) bond motifs is 1. The van der Waals surface area contributed by atoms with Crippen molar-refractivity contribution >= 4 is 11.6 Å². The smallest absolute Gasteiger partial charge is 0.122 e. The van der Waals surface area contributed by atoms with Crippen LogP contribution in [0, 0.1) is 0 Å². The van der Waals surface area contributed by atoms with Crippen molar-refractivity contribution in [2.45, 2.75) is 17.7 Å². The Morgan fingerprint density at radius 2 is 2.33 bits per heavy atom. The highest BCUT2D eigenvalue weighted by Gasteiger charge is 2.22. The van der Waals surface area contributed by atoms with Crippen molar-refractivity contribution in [2.75, 3.05) is 33.4 Å². The van der Waals surface area contributed by atoms with Crippen LogP contribution in [-0.2, 0) is 4.74 Å². The summed E-state index contributed by atoms with van der Waals surface area (Å²) in [5.41, 5.74) is 1.31. The monoisotopic (exact) mass is 269 g/mol. The largest absolute Gasteiger partial charge is 0.493 e. The van der Waals surface area contributed by atoms with Crippen LogP contribution < -0.4 is 10.1 Å². The molecule has 0 aromatic heterocycles. The van der Waals surface area contributed by atoms with Crippen molar-refractivity contribution in [3.05, 3.63) is 29.8 Å². The zero-order chi connectivity index (χ0) is 12.8. The summed E-state index contributed by atoms with van der Waals surface area (Å²) in [5, 5.41) is 3.53. The van der Waals surface area contributed by atoms with Gasteiger partial charge in [0.2, 0.25) is 0 Å². The predicted molar refractivity (Wildman–Crippen MR) is 73.7 cm³/mol. The third-order valence-corrected chi connectivity index (χ3v) is 3.52. The lowest BCUT2D eigenvalue weighted by atomic mass is 10.0. The SMILES string of the molecule is COCC(Cl)CCNCC1COc2ccccc21. The van der Waals surface area contributed by atoms with Gasteiger partial charge in [-0.25, -0.2) is 0 Å². The molecular formula is C14H20ClNO2. The molecule has 3 nitrogen and oxygen atoms in total. The zero-order valence-electron chi connectivity index (χ0n) is 10.7. The van der Waals surface area contributed by atoms with Crippen molar-refractivity contribution in [1.82, 2.24) is 5.32 Å². The zero-order valence-corrected chi connectivity index (χ0v) is 11.5. The molecule has 4 heteroatoms. The first-order valence-corrected chi connectivity index (χ1v) is 6.80. The minimum Gasteiger partial charge on any atom is -0.493 e. The third kappa shape index (κ3) is 3.61. The van der Waals surface area contributed by atoms with Crippen molar-refractivity contribution < 1.29 is 9.47 Å². The van der Waals surface area contributed by atoms with E-state index in [9.17, 15) is 0 Å². The maximum absolute atomic E-state index is 6.07. The molecule has 1 aliphatic heterocycles. The van der Waals surface area contributed by atoms with Crippen molar-refractivity contribution in [2.24, 2.45) is 0 Å². The van der Waals surface area contributed by atoms with Gasteiger partial charge in [-0.05, 0) is 19.0 Å². The lowest BCUT2D eigenvalue weighted by Gasteiger charge is -2.12. The molecule has 1 heterocycles. The van der Waals surface area contributed by atoms with E-state index in [0.29, 0.717) is 12.5 Å². The molecule has 1 aliphatic rings. The molecule has 2 atom stereocenters. The number of nitrogens with one attached hydrogen (secondary N) is 1. The maximum Gasteiger partial charge on any atom is 0.122 e. The van der Waals surface area contributed by atoms with Gasteiger partial charge in [0.1, 0.15) is 5.75 Å². The van der Waals surface area contributed by atoms with Gasteiger partial charge in [0, 0.05) is 25.1 Å². The Kier molecular flexibility index (Phi) is 5.29. The van der Waals surface area contributed by atoms with Gasteiger partial charge in [-0.1, -0.05) is 18.2 Å². The highest BCUT2D eigenvalue weighted by Crippen LogP contribution is 2.32. The molecule has 1 aromatic rings. The van der Waals surface area contributed by atoms with E-state index in [0.717, 1.165) is 31.9 Å². The fourth-order valence-corrected chi connectivity index (χ4v) is 2.43. The van der Waals surface area contributed by atoms with Gasteiger partial charge >= 0.3 is 0 Å². The molecule has 0 spiro atoms. The summed E-state index contributed by atoms with van der Waals surface area (Å²) in [7, 11) is 1.68. The molecule has 100 valence electrons. The lowest BCUT2D eigenvalue weighted by molar-refractivity contribution is 0.195. The average Bonchev–Trinajstić information content (AvgIpc) is 2.78. The topological polar surface area (TPSA) is 30.5 Å². The van der Waals surface area contributed by atoms with Gasteiger partial charge in [0.15, 0.2) is 0 Å². The Balaban J connectivity index is 1.69. The number of hydrogen-bond donors (Lipinski definition) is 1. The van der Waals surface area contributed by atoms with Crippen LogP contribution >= 0.6 is 11.6 Å². The van der Waals surface area contributed by atoms with E-state index >= 15 is 0 Å². The van der Waals surface area contributed by atoms with Crippen LogP contribution in [0.2, 0.25) is 0 Å². The fourth-order valence-electron chi connectivity index (χ4n) is 2.20. The highest BCUT2D eigenvalue weighted by molar-refractivity contribution is 6.20. The van der Waals surface area contributed by atoms with Crippen LogP contribution in [-0.4, -0.2) is 38.8 Å². The number of hydrogen-bond acceptors (Lipinski definition) is 3. The molecule has 0 amide bonds. The molecule has 18 heavy (non-hydrogen) atoms. The first-order valence-electron chi connectivity index (χ1n) is 6.36. The second kappa shape index (κ2) is 6.98. The number of ether oxygens (including phenoxy) is 2. The molecule has 0 aliphatic carbocycles. The molecular weight excluding hydrogens is 250 g/mol. The first kappa shape index (κ1) is 13.7. The van der Waals surface area contributed by atoms with E-state index in [1.807, 2.05) is 12.1 Å². The predicted octanol–water partition coefficient (Wildman–Crippen LogP) is 2.40. The van der Waals surface area contributed by atoms with Gasteiger partial charge in [-0.3, -0.25) is 0 Å². The Morgan fingerprint density at radius 1 is 1.50 bits per heavy atom. The van der Waals surface area contributed by atoms with Crippen LogP contribution in [0.3, 0.4) is 0 Å². The van der Waals surface area contributed by atoms with E-state index in [2.05, 4.69) is 17.4 Å². The summed E-state index contributed by atoms with van der Waals surface area (Å²) in [5.74, 6) is 1.48. The van der Waals surface area contributed by atoms with Gasteiger partial charge in [-0.15, -0.1) is 11.6 Å². The second-order valence-corrected chi connectivity index (χ2v) is 5.21. The Morgan fingerprint density at radius 3 is 3.17 bits per heavy atom. The number of alkyl halides is 1. The second-order valence-electron chi connectivity index (χ2n) is 4.59. The number of para-hydroxylation sites is 1. The lowest BCUT2D eigenvalue weighted by Crippen LogP contribution is -2.26. The summed E-state index contributed by atoms with van der Waals surface area (Å²) in [4.78, 5) is 0. The van der Waals surface area contributed by atoms with Crippen LogP contribution in [0.1, 0.15) is 17.9 Å². The van der Waals surface area contributed by atoms with Crippen LogP contribution in [0.15, 0.2) is 24.3 Å². The quantitative estimate of drug-likeness (QED) is 0.609. The third-order valence-electron chi connectivity index (χ3n) is 3.17. The van der Waals surface area contributed by atoms with Gasteiger partial charge in [-0.2, -0.15) is 0 Å². The molecule has 0 bridgehead atoms. The van der Waals surface area contributed by atoms with Crippen LogP contribution in [0.4, 0.5) is 0 Å². The normalized spacial score (nSPS) is 19.3. The molecule has 2 rings (SSSR count). The average molecular weight is 270 g/mol. The van der Waals surface area contributed by atoms with Crippen molar-refractivity contribution in [3.8, 4) is 5.75 Å². The van der Waals surface area contributed by atoms with E-state index in [1.54, 1.807) is 7.11 Å². The Bertz CT molecular complexity index is 373. The van der Waals surface area contributed by atoms with E-state index in [4.69, 9.17) is 21.1 Å². The van der Waals surface area contributed by atoms with Gasteiger partial charge in [0.05, 0.1) is 18.6 Å². The summed E-state index contributed by atoms with van der Waals surface area (Å²) in [6.07, 6.45) is 0.921. The van der Waals surface area contributed by atoms with Gasteiger partial charge < -0.3 is 14.8 Å². The molecule has 1 N–H and O–H groups in total. The fraction of sp³-hybridized carbons (Fsp3) is 0.571. The number of rotatable bonds is 7. The summed E-state index contributed by atoms with van der Waals surface area (Å²) >= 11 is 6.07. The van der Waals surface area contributed by atoms with E-state index in [1.165, 1.54) is 5.56 Å². The molecule has 0 radical (unpaired) electrons. The molecule has 1 aromatic carbocycles. The summed E-state index contributed by atoms with van der Waals surface area (Å²) in [6.45, 7) is 3.23. The van der Waals surface area contributed by atoms with Crippen LogP contribution in [0.25, 0.3) is 0 Å². The molecule has 2 unspecified atom stereocenters. The molecule has 0 saturated carbocycles. The molecule has 0 fully saturated rings. The van der Waals surface area contributed by atoms with E-state index < -0.39 is 0 Å². The highest BCUT2D eigenvalue weighted by atomic mass is 35.5. The summed E-state index contributed by atoms with van der Waals surface area (Å²) in [6, 6.07) is 8.25. The maximum atomic E-state index is 6.07. The number of methoxy groups -OCH3 is 1. The first-order chi connectivity index (χ1) is 8.81. The Labute approximate surface area is 113 Å².